The molecule has 22 heavy (non-hydrogen) atoms. The van der Waals surface area contributed by atoms with E-state index in [9.17, 15) is 9.18 Å². The van der Waals surface area contributed by atoms with E-state index in [2.05, 4.69) is 4.90 Å². The average molecular weight is 304 g/mol. The molecule has 0 atom stereocenters. The lowest BCUT2D eigenvalue weighted by Gasteiger charge is -2.37. The topological polar surface area (TPSA) is 23.6 Å². The first-order chi connectivity index (χ1) is 10.7. The van der Waals surface area contributed by atoms with Gasteiger partial charge in [-0.25, -0.2) is 4.39 Å². The molecule has 0 unspecified atom stereocenters. The van der Waals surface area contributed by atoms with Crippen molar-refractivity contribution in [3.63, 3.8) is 0 Å². The van der Waals surface area contributed by atoms with Gasteiger partial charge in [-0.2, -0.15) is 0 Å². The van der Waals surface area contributed by atoms with E-state index >= 15 is 0 Å². The Morgan fingerprint density at radius 3 is 2.50 bits per heavy atom. The number of nitrogens with zero attached hydrogens (tertiary/aromatic N) is 2. The zero-order valence-electron chi connectivity index (χ0n) is 13.1. The third-order valence-electron chi connectivity index (χ3n) is 4.93. The molecule has 0 N–H and O–H groups in total. The van der Waals surface area contributed by atoms with Crippen LogP contribution in [-0.4, -0.2) is 41.9 Å². The molecule has 1 saturated carbocycles. The molecule has 1 aliphatic carbocycles. The Morgan fingerprint density at radius 1 is 1.09 bits per heavy atom. The van der Waals surface area contributed by atoms with Gasteiger partial charge in [-0.05, 0) is 30.5 Å². The Balaban J connectivity index is 1.48. The molecule has 0 spiro atoms. The molecule has 1 saturated heterocycles. The number of hydrogen-bond acceptors (Lipinski definition) is 2. The van der Waals surface area contributed by atoms with Crippen molar-refractivity contribution in [1.82, 2.24) is 9.80 Å². The van der Waals surface area contributed by atoms with Gasteiger partial charge in [0.15, 0.2) is 0 Å². The van der Waals surface area contributed by atoms with Crippen molar-refractivity contribution in [3.05, 3.63) is 35.6 Å². The van der Waals surface area contributed by atoms with Crippen molar-refractivity contribution in [1.29, 1.82) is 0 Å². The molecule has 120 valence electrons. The normalized spacial score (nSPS) is 21.0. The van der Waals surface area contributed by atoms with Gasteiger partial charge < -0.3 is 4.90 Å². The fourth-order valence-electron chi connectivity index (χ4n) is 3.63. The highest BCUT2D eigenvalue weighted by molar-refractivity contribution is 5.79. The van der Waals surface area contributed by atoms with Crippen LogP contribution in [0, 0.1) is 11.7 Å². The Morgan fingerprint density at radius 2 is 1.82 bits per heavy atom. The molecule has 0 aromatic heterocycles. The first-order valence-corrected chi connectivity index (χ1v) is 8.48. The summed E-state index contributed by atoms with van der Waals surface area (Å²) in [6, 6.07) is 6.79. The van der Waals surface area contributed by atoms with Gasteiger partial charge in [0.1, 0.15) is 5.82 Å². The van der Waals surface area contributed by atoms with E-state index in [1.54, 1.807) is 12.1 Å². The van der Waals surface area contributed by atoms with Gasteiger partial charge in [0.25, 0.3) is 0 Å². The van der Waals surface area contributed by atoms with Crippen LogP contribution in [0.4, 0.5) is 4.39 Å². The van der Waals surface area contributed by atoms with E-state index in [1.807, 2.05) is 11.0 Å². The molecule has 0 bridgehead atoms. The van der Waals surface area contributed by atoms with Crippen molar-refractivity contribution >= 4 is 5.91 Å². The van der Waals surface area contributed by atoms with Crippen molar-refractivity contribution in [2.75, 3.05) is 26.2 Å². The lowest BCUT2D eigenvalue weighted by molar-refractivity contribution is -0.138. The molecule has 1 aromatic rings. The summed E-state index contributed by atoms with van der Waals surface area (Å²) in [6.45, 7) is 4.16. The molecular weight excluding hydrogens is 279 g/mol. The molecule has 1 aliphatic heterocycles. The second-order valence-electron chi connectivity index (χ2n) is 6.57. The van der Waals surface area contributed by atoms with E-state index in [0.29, 0.717) is 5.91 Å². The number of halogens is 1. The van der Waals surface area contributed by atoms with Crippen LogP contribution >= 0.6 is 0 Å². The predicted octanol–water partition coefficient (Wildman–Crippen LogP) is 3.05. The SMILES string of the molecule is O=C(C1CCCCC1)N1CCN(Cc2cccc(F)c2)CC1. The van der Waals surface area contributed by atoms with Gasteiger partial charge in [0, 0.05) is 38.6 Å². The molecule has 1 aromatic carbocycles. The van der Waals surface area contributed by atoms with E-state index < -0.39 is 0 Å². The van der Waals surface area contributed by atoms with Crippen LogP contribution in [0.1, 0.15) is 37.7 Å². The maximum absolute atomic E-state index is 13.2. The summed E-state index contributed by atoms with van der Waals surface area (Å²) in [5.41, 5.74) is 1.01. The van der Waals surface area contributed by atoms with E-state index in [4.69, 9.17) is 0 Å². The van der Waals surface area contributed by atoms with Crippen LogP contribution in [0.25, 0.3) is 0 Å². The zero-order chi connectivity index (χ0) is 15.4. The number of piperazine rings is 1. The van der Waals surface area contributed by atoms with Crippen LogP contribution in [0.3, 0.4) is 0 Å². The van der Waals surface area contributed by atoms with E-state index in [1.165, 1.54) is 25.3 Å². The summed E-state index contributed by atoms with van der Waals surface area (Å²) in [5, 5.41) is 0. The van der Waals surface area contributed by atoms with Gasteiger partial charge >= 0.3 is 0 Å². The molecule has 1 heterocycles. The average Bonchev–Trinajstić information content (AvgIpc) is 2.56. The minimum absolute atomic E-state index is 0.177. The molecule has 2 fully saturated rings. The summed E-state index contributed by atoms with van der Waals surface area (Å²) in [6.07, 6.45) is 5.84. The molecule has 1 amide bonds. The number of benzene rings is 1. The highest BCUT2D eigenvalue weighted by Gasteiger charge is 2.28. The number of carbonyl (C=O) groups is 1. The summed E-state index contributed by atoms with van der Waals surface area (Å²) < 4.78 is 13.2. The zero-order valence-corrected chi connectivity index (χ0v) is 13.1. The lowest BCUT2D eigenvalue weighted by atomic mass is 9.88. The van der Waals surface area contributed by atoms with E-state index in [0.717, 1.165) is 51.1 Å². The fourth-order valence-corrected chi connectivity index (χ4v) is 3.63. The van der Waals surface area contributed by atoms with Crippen molar-refractivity contribution in [2.45, 2.75) is 38.6 Å². The highest BCUT2D eigenvalue weighted by atomic mass is 19.1. The Bertz CT molecular complexity index is 506. The Hall–Kier alpha value is -1.42. The Kier molecular flexibility index (Phi) is 5.08. The maximum atomic E-state index is 13.2. The molecule has 2 aliphatic rings. The summed E-state index contributed by atoms with van der Waals surface area (Å²) in [4.78, 5) is 16.9. The number of hydrogen-bond donors (Lipinski definition) is 0. The highest BCUT2D eigenvalue weighted by Crippen LogP contribution is 2.26. The second kappa shape index (κ2) is 7.23. The summed E-state index contributed by atoms with van der Waals surface area (Å²) in [5.74, 6) is 0.456. The van der Waals surface area contributed by atoms with Gasteiger partial charge in [-0.1, -0.05) is 31.4 Å². The third-order valence-corrected chi connectivity index (χ3v) is 4.93. The lowest BCUT2D eigenvalue weighted by Crippen LogP contribution is -2.50. The van der Waals surface area contributed by atoms with Gasteiger partial charge in [0.05, 0.1) is 0 Å². The second-order valence-corrected chi connectivity index (χ2v) is 6.57. The van der Waals surface area contributed by atoms with Crippen molar-refractivity contribution < 1.29 is 9.18 Å². The molecular formula is C18H25FN2O. The van der Waals surface area contributed by atoms with Crippen LogP contribution in [0.5, 0.6) is 0 Å². The van der Waals surface area contributed by atoms with Crippen LogP contribution < -0.4 is 0 Å². The first kappa shape index (κ1) is 15.5. The summed E-state index contributed by atoms with van der Waals surface area (Å²) in [7, 11) is 0. The first-order valence-electron chi connectivity index (χ1n) is 8.48. The number of carbonyl (C=O) groups excluding carboxylic acids is 1. The van der Waals surface area contributed by atoms with Crippen LogP contribution in [0.15, 0.2) is 24.3 Å². The van der Waals surface area contributed by atoms with E-state index in [-0.39, 0.29) is 11.7 Å². The number of amides is 1. The molecule has 3 nitrogen and oxygen atoms in total. The summed E-state index contributed by atoms with van der Waals surface area (Å²) >= 11 is 0. The predicted molar refractivity (Wildman–Crippen MR) is 84.8 cm³/mol. The third kappa shape index (κ3) is 3.86. The maximum Gasteiger partial charge on any atom is 0.225 e. The monoisotopic (exact) mass is 304 g/mol. The standard InChI is InChI=1S/C18H25FN2O/c19-17-8-4-5-15(13-17)14-20-9-11-21(12-10-20)18(22)16-6-2-1-3-7-16/h4-5,8,13,16H,1-3,6-7,9-12,14H2. The largest absolute Gasteiger partial charge is 0.340 e. The smallest absolute Gasteiger partial charge is 0.225 e. The van der Waals surface area contributed by atoms with Crippen LogP contribution in [-0.2, 0) is 11.3 Å². The fraction of sp³-hybridized carbons (Fsp3) is 0.611. The van der Waals surface area contributed by atoms with Crippen LogP contribution in [0.2, 0.25) is 0 Å². The minimum atomic E-state index is -0.177. The Labute approximate surface area is 132 Å². The molecule has 0 radical (unpaired) electrons. The number of rotatable bonds is 3. The van der Waals surface area contributed by atoms with Gasteiger partial charge in [-0.3, -0.25) is 9.69 Å². The molecule has 4 heteroatoms. The van der Waals surface area contributed by atoms with Gasteiger partial charge in [-0.15, -0.1) is 0 Å². The molecule has 3 rings (SSSR count). The van der Waals surface area contributed by atoms with Gasteiger partial charge in [0.2, 0.25) is 5.91 Å². The minimum Gasteiger partial charge on any atom is -0.340 e. The van der Waals surface area contributed by atoms with Crippen molar-refractivity contribution in [3.8, 4) is 0 Å². The quantitative estimate of drug-likeness (QED) is 0.857. The van der Waals surface area contributed by atoms with Crippen molar-refractivity contribution in [2.24, 2.45) is 5.92 Å².